The number of ether oxygens (including phenoxy) is 1. The van der Waals surface area contributed by atoms with E-state index in [9.17, 15) is 14.4 Å². The fourth-order valence-electron chi connectivity index (χ4n) is 2.32. The van der Waals surface area contributed by atoms with Crippen molar-refractivity contribution in [3.05, 3.63) is 49.9 Å². The highest BCUT2D eigenvalue weighted by Crippen LogP contribution is 2.37. The van der Waals surface area contributed by atoms with Gasteiger partial charge in [-0.2, -0.15) is 0 Å². The molecule has 0 bridgehead atoms. The average molecular weight is 549 g/mol. The van der Waals surface area contributed by atoms with Crippen molar-refractivity contribution in [2.24, 2.45) is 0 Å². The topological polar surface area (TPSA) is 105 Å². The third-order valence-corrected chi connectivity index (χ3v) is 4.94. The molecule has 0 saturated heterocycles. The smallest absolute Gasteiger partial charge is 0.312 e. The summed E-state index contributed by atoms with van der Waals surface area (Å²) in [6.45, 7) is 1.93. The third kappa shape index (κ3) is 7.34. The molecule has 2 amide bonds. The first-order valence-electron chi connectivity index (χ1n) is 8.40. The Morgan fingerprint density at radius 3 is 2.17 bits per heavy atom. The number of carbonyl (C=O) groups excluding carboxylic acids is 2. The first kappa shape index (κ1) is 23.2. The molecule has 2 rings (SSSR count). The number of halogens is 3. The largest absolute Gasteiger partial charge is 0.487 e. The maximum Gasteiger partial charge on any atom is 0.312 e. The number of carbonyl (C=O) groups is 3. The fraction of sp³-hybridized carbons (Fsp3) is 0.211. The summed E-state index contributed by atoms with van der Waals surface area (Å²) in [4.78, 5) is 33.8. The van der Waals surface area contributed by atoms with Gasteiger partial charge >= 0.3 is 5.97 Å². The van der Waals surface area contributed by atoms with Crippen LogP contribution in [0, 0.1) is 0 Å². The van der Waals surface area contributed by atoms with Gasteiger partial charge in [0.05, 0.1) is 8.95 Å². The van der Waals surface area contributed by atoms with Crippen LogP contribution in [0.15, 0.2) is 39.3 Å². The lowest BCUT2D eigenvalue weighted by atomic mass is 10.2. The molecule has 0 unspecified atom stereocenters. The number of rotatable bonds is 8. The molecule has 2 aromatic carbocycles. The minimum Gasteiger partial charge on any atom is -0.487 e. The van der Waals surface area contributed by atoms with E-state index in [1.807, 2.05) is 0 Å². The average Bonchev–Trinajstić information content (AvgIpc) is 2.59. The molecule has 0 aliphatic heterocycles. The highest BCUT2D eigenvalue weighted by Gasteiger charge is 2.13. The molecular formula is C19H17Br2ClN2O5. The van der Waals surface area contributed by atoms with Gasteiger partial charge in [-0.15, -0.1) is 0 Å². The summed E-state index contributed by atoms with van der Waals surface area (Å²) in [5, 5.41) is 14.4. The highest BCUT2D eigenvalue weighted by molar-refractivity contribution is 9.11. The molecule has 0 atom stereocenters. The fourth-order valence-corrected chi connectivity index (χ4v) is 4.00. The summed E-state index contributed by atoms with van der Waals surface area (Å²) >= 11 is 12.9. The zero-order valence-corrected chi connectivity index (χ0v) is 19.2. The summed E-state index contributed by atoms with van der Waals surface area (Å²) < 4.78 is 6.96. The molecule has 0 heterocycles. The highest BCUT2D eigenvalue weighted by atomic mass is 79.9. The van der Waals surface area contributed by atoms with Gasteiger partial charge in [-0.25, -0.2) is 0 Å². The van der Waals surface area contributed by atoms with Crippen molar-refractivity contribution in [3.8, 4) is 5.75 Å². The van der Waals surface area contributed by atoms with Gasteiger partial charge in [0.15, 0.2) is 0 Å². The van der Waals surface area contributed by atoms with E-state index in [1.54, 1.807) is 37.3 Å². The quantitative estimate of drug-likeness (QED) is 0.393. The third-order valence-electron chi connectivity index (χ3n) is 3.54. The van der Waals surface area contributed by atoms with Crippen LogP contribution < -0.4 is 15.4 Å². The zero-order chi connectivity index (χ0) is 21.6. The van der Waals surface area contributed by atoms with Gasteiger partial charge in [0.2, 0.25) is 11.8 Å². The standard InChI is InChI=1S/C19H17Br2ClN2O5/c1-2-16(25)23-12-4-10(3-11(22)5-12)9-29-19-14(20)6-13(7-15(19)21)24-17(26)8-18(27)28/h3-7H,2,8-9H2,1H3,(H,23,25)(H,24,26)(H,27,28). The first-order valence-corrected chi connectivity index (χ1v) is 10.4. The second-order valence-electron chi connectivity index (χ2n) is 5.93. The van der Waals surface area contributed by atoms with Crippen LogP contribution in [0.5, 0.6) is 5.75 Å². The number of benzene rings is 2. The van der Waals surface area contributed by atoms with E-state index < -0.39 is 18.3 Å². The molecule has 0 aliphatic carbocycles. The van der Waals surface area contributed by atoms with Gasteiger partial charge in [0.1, 0.15) is 18.8 Å². The maximum atomic E-state index is 11.6. The molecular weight excluding hydrogens is 531 g/mol. The number of hydrogen-bond acceptors (Lipinski definition) is 4. The molecule has 0 saturated carbocycles. The van der Waals surface area contributed by atoms with Crippen LogP contribution in [0.3, 0.4) is 0 Å². The van der Waals surface area contributed by atoms with Gasteiger partial charge in [-0.1, -0.05) is 18.5 Å². The van der Waals surface area contributed by atoms with E-state index in [1.165, 1.54) is 0 Å². The molecule has 0 aliphatic rings. The molecule has 10 heteroatoms. The van der Waals surface area contributed by atoms with Gasteiger partial charge in [0, 0.05) is 22.8 Å². The number of anilines is 2. The van der Waals surface area contributed by atoms with E-state index in [2.05, 4.69) is 42.5 Å². The van der Waals surface area contributed by atoms with Crippen molar-refractivity contribution in [1.82, 2.24) is 0 Å². The molecule has 3 N–H and O–H groups in total. The molecule has 7 nitrogen and oxygen atoms in total. The SMILES string of the molecule is CCC(=O)Nc1cc(Cl)cc(COc2c(Br)cc(NC(=O)CC(=O)O)cc2Br)c1. The maximum absolute atomic E-state index is 11.6. The molecule has 0 fully saturated rings. The van der Waals surface area contributed by atoms with E-state index in [0.29, 0.717) is 37.5 Å². The number of carboxylic acids is 1. The Morgan fingerprint density at radius 1 is 1.00 bits per heavy atom. The predicted molar refractivity (Wildman–Crippen MR) is 117 cm³/mol. The monoisotopic (exact) mass is 546 g/mol. The van der Waals surface area contributed by atoms with Crippen LogP contribution in [0.2, 0.25) is 5.02 Å². The lowest BCUT2D eigenvalue weighted by Gasteiger charge is -2.14. The minimum atomic E-state index is -1.21. The number of amides is 2. The normalized spacial score (nSPS) is 10.3. The Kier molecular flexibility index (Phi) is 8.48. The van der Waals surface area contributed by atoms with Crippen molar-refractivity contribution in [2.75, 3.05) is 10.6 Å². The van der Waals surface area contributed by atoms with Crippen LogP contribution in [-0.4, -0.2) is 22.9 Å². The Hall–Kier alpha value is -2.10. The Morgan fingerprint density at radius 2 is 1.59 bits per heavy atom. The van der Waals surface area contributed by atoms with Crippen LogP contribution in [0.1, 0.15) is 25.3 Å². The van der Waals surface area contributed by atoms with Crippen molar-refractivity contribution in [1.29, 1.82) is 0 Å². The molecule has 2 aromatic rings. The Bertz CT molecular complexity index is 929. The van der Waals surface area contributed by atoms with Crippen molar-refractivity contribution < 1.29 is 24.2 Å². The van der Waals surface area contributed by atoms with Crippen LogP contribution in [-0.2, 0) is 21.0 Å². The van der Waals surface area contributed by atoms with Crippen molar-refractivity contribution in [2.45, 2.75) is 26.4 Å². The number of aliphatic carboxylic acids is 1. The van der Waals surface area contributed by atoms with E-state index >= 15 is 0 Å². The Balaban J connectivity index is 2.12. The summed E-state index contributed by atoms with van der Waals surface area (Å²) in [7, 11) is 0. The summed E-state index contributed by atoms with van der Waals surface area (Å²) in [6.07, 6.45) is -0.271. The molecule has 29 heavy (non-hydrogen) atoms. The number of hydrogen-bond donors (Lipinski definition) is 3. The summed E-state index contributed by atoms with van der Waals surface area (Å²) in [5.74, 6) is -1.48. The number of carboxylic acid groups (broad SMARTS) is 1. The minimum absolute atomic E-state index is 0.120. The van der Waals surface area contributed by atoms with Gasteiger partial charge in [-0.05, 0) is 67.8 Å². The molecule has 0 spiro atoms. The van der Waals surface area contributed by atoms with Gasteiger partial charge < -0.3 is 20.5 Å². The van der Waals surface area contributed by atoms with Crippen molar-refractivity contribution in [3.63, 3.8) is 0 Å². The van der Waals surface area contributed by atoms with E-state index in [0.717, 1.165) is 5.56 Å². The van der Waals surface area contributed by atoms with Crippen LogP contribution in [0.25, 0.3) is 0 Å². The van der Waals surface area contributed by atoms with Crippen LogP contribution >= 0.6 is 43.5 Å². The second kappa shape index (κ2) is 10.6. The molecule has 0 radical (unpaired) electrons. The van der Waals surface area contributed by atoms with Crippen molar-refractivity contribution >= 4 is 72.6 Å². The van der Waals surface area contributed by atoms with E-state index in [4.69, 9.17) is 21.4 Å². The number of nitrogens with one attached hydrogen (secondary N) is 2. The second-order valence-corrected chi connectivity index (χ2v) is 8.07. The molecule has 154 valence electrons. The zero-order valence-electron chi connectivity index (χ0n) is 15.2. The lowest BCUT2D eigenvalue weighted by Crippen LogP contribution is -2.16. The summed E-state index contributed by atoms with van der Waals surface area (Å²) in [6, 6.07) is 8.35. The lowest BCUT2D eigenvalue weighted by molar-refractivity contribution is -0.139. The van der Waals surface area contributed by atoms with Gasteiger partial charge in [-0.3, -0.25) is 14.4 Å². The predicted octanol–water partition coefficient (Wildman–Crippen LogP) is 5.21. The Labute approximate surface area is 189 Å². The van der Waals surface area contributed by atoms with Gasteiger partial charge in [0.25, 0.3) is 0 Å². The molecule has 0 aromatic heterocycles. The van der Waals surface area contributed by atoms with Crippen LogP contribution in [0.4, 0.5) is 11.4 Å². The first-order chi connectivity index (χ1) is 13.7. The summed E-state index contributed by atoms with van der Waals surface area (Å²) in [5.41, 5.74) is 1.74. The van der Waals surface area contributed by atoms with E-state index in [-0.39, 0.29) is 12.5 Å².